The summed E-state index contributed by atoms with van der Waals surface area (Å²) >= 11 is 0. The number of rotatable bonds is 5. The molecule has 0 aliphatic rings. The molecule has 0 spiro atoms. The van der Waals surface area contributed by atoms with Gasteiger partial charge in [0.2, 0.25) is 0 Å². The maximum Gasteiger partial charge on any atom is 0.182 e. The molecule has 0 N–H and O–H groups in total. The van der Waals surface area contributed by atoms with Crippen LogP contribution in [-0.2, 0) is 0 Å². The zero-order chi connectivity index (χ0) is 28.6. The van der Waals surface area contributed by atoms with Crippen LogP contribution in [0.5, 0.6) is 0 Å². The van der Waals surface area contributed by atoms with Crippen LogP contribution in [0.15, 0.2) is 146 Å². The molecule has 0 aliphatic heterocycles. The average molecular weight is 553 g/mol. The van der Waals surface area contributed by atoms with E-state index >= 15 is 0 Å². The highest BCUT2D eigenvalue weighted by atomic mass is 15.3. The molecule has 8 aromatic rings. The molecule has 3 aromatic heterocycles. The smallest absolute Gasteiger partial charge is 0.182 e. The zero-order valence-electron chi connectivity index (χ0n) is 23.0. The molecular formula is C37H24N6. The summed E-state index contributed by atoms with van der Waals surface area (Å²) in [6.45, 7) is 0. The summed E-state index contributed by atoms with van der Waals surface area (Å²) in [5.41, 5.74) is 6.06. The first-order chi connectivity index (χ1) is 21.3. The number of aromatic nitrogens is 6. The van der Waals surface area contributed by atoms with E-state index in [0.29, 0.717) is 23.2 Å². The van der Waals surface area contributed by atoms with Crippen molar-refractivity contribution in [2.24, 2.45) is 0 Å². The Morgan fingerprint density at radius 3 is 1.67 bits per heavy atom. The van der Waals surface area contributed by atoms with Crippen LogP contribution in [0, 0.1) is 0 Å². The van der Waals surface area contributed by atoms with Crippen LogP contribution in [0.4, 0.5) is 0 Å². The van der Waals surface area contributed by atoms with E-state index in [1.54, 1.807) is 0 Å². The van der Waals surface area contributed by atoms with Gasteiger partial charge in [0.1, 0.15) is 11.4 Å². The number of pyridine rings is 1. The van der Waals surface area contributed by atoms with Gasteiger partial charge in [0.15, 0.2) is 17.5 Å². The zero-order valence-corrected chi connectivity index (χ0v) is 23.0. The Bertz CT molecular complexity index is 2170. The minimum atomic E-state index is 0.506. The van der Waals surface area contributed by atoms with Crippen molar-refractivity contribution in [2.45, 2.75) is 0 Å². The molecule has 3 heterocycles. The predicted molar refractivity (Wildman–Crippen MR) is 171 cm³/mol. The Hall–Kier alpha value is -6.01. The van der Waals surface area contributed by atoms with Crippen molar-refractivity contribution in [1.82, 2.24) is 29.7 Å². The van der Waals surface area contributed by atoms with Crippen LogP contribution in [0.25, 0.3) is 73.0 Å². The highest BCUT2D eigenvalue weighted by Crippen LogP contribution is 2.35. The number of hydrogen-bond acceptors (Lipinski definition) is 5. The average Bonchev–Trinajstić information content (AvgIpc) is 3.50. The van der Waals surface area contributed by atoms with E-state index in [0.717, 1.165) is 49.9 Å². The summed E-state index contributed by atoms with van der Waals surface area (Å²) < 4.78 is 2.02. The lowest BCUT2D eigenvalue weighted by Gasteiger charge is -2.08. The number of hydrogen-bond donors (Lipinski definition) is 0. The lowest BCUT2D eigenvalue weighted by molar-refractivity contribution is 0.915. The van der Waals surface area contributed by atoms with Gasteiger partial charge in [-0.1, -0.05) is 115 Å². The fourth-order valence-corrected chi connectivity index (χ4v) is 5.44. The molecule has 0 aliphatic carbocycles. The van der Waals surface area contributed by atoms with Crippen LogP contribution in [0.1, 0.15) is 0 Å². The van der Waals surface area contributed by atoms with Gasteiger partial charge in [-0.05, 0) is 35.7 Å². The first-order valence-corrected chi connectivity index (χ1v) is 14.1. The first-order valence-electron chi connectivity index (χ1n) is 14.1. The summed E-state index contributed by atoms with van der Waals surface area (Å²) in [5.74, 6) is 1.70. The Balaban J connectivity index is 1.32. The molecule has 0 bridgehead atoms. The Morgan fingerprint density at radius 1 is 0.395 bits per heavy atom. The quantitative estimate of drug-likeness (QED) is 0.214. The lowest BCUT2D eigenvalue weighted by atomic mass is 10.0. The van der Waals surface area contributed by atoms with Crippen molar-refractivity contribution in [3.63, 3.8) is 0 Å². The molecule has 202 valence electrons. The summed E-state index contributed by atoms with van der Waals surface area (Å²) in [5, 5.41) is 8.47. The molecule has 0 saturated carbocycles. The summed E-state index contributed by atoms with van der Waals surface area (Å²) in [6, 6.07) is 48.7. The van der Waals surface area contributed by atoms with E-state index in [-0.39, 0.29) is 0 Å². The van der Waals surface area contributed by atoms with Gasteiger partial charge in [-0.15, -0.1) is 0 Å². The molecule has 0 radical (unpaired) electrons. The van der Waals surface area contributed by atoms with Crippen LogP contribution in [-0.4, -0.2) is 29.7 Å². The third-order valence-corrected chi connectivity index (χ3v) is 7.49. The summed E-state index contributed by atoms with van der Waals surface area (Å²) in [7, 11) is 0. The van der Waals surface area contributed by atoms with Gasteiger partial charge < -0.3 is 0 Å². The van der Waals surface area contributed by atoms with Crippen molar-refractivity contribution in [2.75, 3.05) is 0 Å². The molecule has 0 fully saturated rings. The maximum absolute atomic E-state index is 5.15. The first kappa shape index (κ1) is 24.8. The topological polar surface area (TPSA) is 69.4 Å². The summed E-state index contributed by atoms with van der Waals surface area (Å²) in [4.78, 5) is 19.7. The number of benzene rings is 5. The SMILES string of the molecule is c1ccc(-c2nc(-c3ccccc3)nc(-c3cccc(-c4nn(-c5ccccc5)c5c4ccc4ccccc45)n3)n2)cc1. The van der Waals surface area contributed by atoms with Gasteiger partial charge in [-0.25, -0.2) is 24.6 Å². The summed E-state index contributed by atoms with van der Waals surface area (Å²) in [6.07, 6.45) is 0. The van der Waals surface area contributed by atoms with Gasteiger partial charge in [0.25, 0.3) is 0 Å². The molecule has 0 amide bonds. The second kappa shape index (κ2) is 10.4. The fraction of sp³-hybridized carbons (Fsp3) is 0. The van der Waals surface area contributed by atoms with Crippen molar-refractivity contribution in [1.29, 1.82) is 0 Å². The molecule has 0 unspecified atom stereocenters. The third kappa shape index (κ3) is 4.51. The Kier molecular flexibility index (Phi) is 6.01. The molecular weight excluding hydrogens is 528 g/mol. The Morgan fingerprint density at radius 2 is 0.977 bits per heavy atom. The number of nitrogens with zero attached hydrogens (tertiary/aromatic N) is 6. The van der Waals surface area contributed by atoms with Crippen molar-refractivity contribution in [3.05, 3.63) is 146 Å². The largest absolute Gasteiger partial charge is 0.243 e. The van der Waals surface area contributed by atoms with Crippen LogP contribution in [0.3, 0.4) is 0 Å². The van der Waals surface area contributed by atoms with Crippen LogP contribution < -0.4 is 0 Å². The second-order valence-electron chi connectivity index (χ2n) is 10.2. The molecule has 6 heteroatoms. The molecule has 0 atom stereocenters. The minimum absolute atomic E-state index is 0.506. The van der Waals surface area contributed by atoms with Gasteiger partial charge in [0.05, 0.1) is 16.9 Å². The van der Waals surface area contributed by atoms with E-state index in [1.165, 1.54) is 0 Å². The highest BCUT2D eigenvalue weighted by Gasteiger charge is 2.19. The Labute approximate surface area is 248 Å². The van der Waals surface area contributed by atoms with E-state index in [9.17, 15) is 0 Å². The number of para-hydroxylation sites is 1. The van der Waals surface area contributed by atoms with Gasteiger partial charge >= 0.3 is 0 Å². The molecule has 6 nitrogen and oxygen atoms in total. The van der Waals surface area contributed by atoms with Gasteiger partial charge in [0, 0.05) is 21.9 Å². The highest BCUT2D eigenvalue weighted by molar-refractivity contribution is 6.10. The molecule has 0 saturated heterocycles. The molecule has 8 rings (SSSR count). The van der Waals surface area contributed by atoms with E-state index < -0.39 is 0 Å². The second-order valence-corrected chi connectivity index (χ2v) is 10.2. The standard InChI is InChI=1S/C37H24N6/c1-4-14-26(15-5-1)35-39-36(27-16-6-2-7-17-27)41-37(40-35)32-22-12-21-31(38-32)33-30-24-23-25-13-10-11-20-29(25)34(30)43(42-33)28-18-8-3-9-19-28/h1-24H. The van der Waals surface area contributed by atoms with E-state index in [2.05, 4.69) is 48.5 Å². The van der Waals surface area contributed by atoms with Crippen LogP contribution in [0.2, 0.25) is 0 Å². The third-order valence-electron chi connectivity index (χ3n) is 7.49. The van der Waals surface area contributed by atoms with Crippen molar-refractivity contribution < 1.29 is 0 Å². The molecule has 43 heavy (non-hydrogen) atoms. The lowest BCUT2D eigenvalue weighted by Crippen LogP contribution is -2.01. The van der Waals surface area contributed by atoms with Gasteiger partial charge in [-0.3, -0.25) is 0 Å². The van der Waals surface area contributed by atoms with E-state index in [1.807, 2.05) is 102 Å². The van der Waals surface area contributed by atoms with Gasteiger partial charge in [-0.2, -0.15) is 5.10 Å². The fourth-order valence-electron chi connectivity index (χ4n) is 5.44. The molecule has 5 aromatic carbocycles. The van der Waals surface area contributed by atoms with Crippen molar-refractivity contribution >= 4 is 21.7 Å². The monoisotopic (exact) mass is 552 g/mol. The van der Waals surface area contributed by atoms with Crippen molar-refractivity contribution in [3.8, 4) is 51.4 Å². The maximum atomic E-state index is 5.15. The van der Waals surface area contributed by atoms with E-state index in [4.69, 9.17) is 25.0 Å². The predicted octanol–water partition coefficient (Wildman–Crippen LogP) is 8.43. The van der Waals surface area contributed by atoms with Crippen LogP contribution >= 0.6 is 0 Å². The number of fused-ring (bicyclic) bond motifs is 3. The minimum Gasteiger partial charge on any atom is -0.243 e. The normalized spacial score (nSPS) is 11.3.